The van der Waals surface area contributed by atoms with E-state index in [-0.39, 0.29) is 12.8 Å². The molecule has 15 heavy (non-hydrogen) atoms. The number of benzene rings is 1. The second kappa shape index (κ2) is 5.09. The number of hydrogen-bond donors (Lipinski definition) is 2. The van der Waals surface area contributed by atoms with Crippen LogP contribution in [0, 0.1) is 5.82 Å². The molecule has 1 atom stereocenters. The molecule has 0 aliphatic heterocycles. The lowest BCUT2D eigenvalue weighted by Crippen LogP contribution is -2.30. The highest BCUT2D eigenvalue weighted by Crippen LogP contribution is 2.16. The molecular weight excluding hydrogens is 221 g/mol. The number of aryl methyl sites for hydroxylation is 1. The first-order valence-electron chi connectivity index (χ1n) is 4.43. The van der Waals surface area contributed by atoms with Crippen molar-refractivity contribution in [2.75, 3.05) is 0 Å². The molecule has 0 saturated carbocycles. The summed E-state index contributed by atoms with van der Waals surface area (Å²) in [7, 11) is 0. The van der Waals surface area contributed by atoms with Gasteiger partial charge in [0.05, 0.1) is 0 Å². The fourth-order valence-electron chi connectivity index (χ4n) is 1.17. The Kier molecular flexibility index (Phi) is 4.05. The minimum absolute atomic E-state index is 0.187. The molecule has 1 aromatic carbocycles. The maximum absolute atomic E-state index is 13.2. The molecule has 5 heteroatoms. The molecule has 0 saturated heterocycles. The van der Waals surface area contributed by atoms with E-state index in [1.165, 1.54) is 18.2 Å². The number of aliphatic carboxylic acids is 1. The molecule has 0 spiro atoms. The normalized spacial score (nSPS) is 12.5. The van der Waals surface area contributed by atoms with Gasteiger partial charge in [-0.05, 0) is 36.6 Å². The molecule has 0 aromatic heterocycles. The Hall–Kier alpha value is -1.13. The van der Waals surface area contributed by atoms with E-state index < -0.39 is 17.8 Å². The zero-order chi connectivity index (χ0) is 11.4. The molecule has 0 aliphatic rings. The van der Waals surface area contributed by atoms with E-state index >= 15 is 0 Å². The molecule has 1 aromatic rings. The van der Waals surface area contributed by atoms with Crippen LogP contribution >= 0.6 is 11.6 Å². The van der Waals surface area contributed by atoms with Gasteiger partial charge in [0.1, 0.15) is 11.9 Å². The summed E-state index contributed by atoms with van der Waals surface area (Å²) < 4.78 is 13.2. The van der Waals surface area contributed by atoms with Gasteiger partial charge in [0.25, 0.3) is 0 Å². The first-order chi connectivity index (χ1) is 7.00. The van der Waals surface area contributed by atoms with Gasteiger partial charge in [-0.25, -0.2) is 4.39 Å². The molecule has 0 amide bonds. The van der Waals surface area contributed by atoms with Crippen molar-refractivity contribution in [3.8, 4) is 0 Å². The van der Waals surface area contributed by atoms with E-state index in [1.807, 2.05) is 0 Å². The third kappa shape index (κ3) is 3.49. The fraction of sp³-hybridized carbons (Fsp3) is 0.300. The van der Waals surface area contributed by atoms with Crippen molar-refractivity contribution >= 4 is 17.6 Å². The van der Waals surface area contributed by atoms with E-state index in [1.54, 1.807) is 0 Å². The van der Waals surface area contributed by atoms with Crippen molar-refractivity contribution in [2.45, 2.75) is 18.9 Å². The quantitative estimate of drug-likeness (QED) is 0.831. The average Bonchev–Trinajstić information content (AvgIpc) is 2.18. The van der Waals surface area contributed by atoms with Crippen LogP contribution in [0.25, 0.3) is 0 Å². The lowest BCUT2D eigenvalue weighted by Gasteiger charge is -2.07. The lowest BCUT2D eigenvalue weighted by molar-refractivity contribution is -0.138. The molecule has 0 unspecified atom stereocenters. The molecule has 82 valence electrons. The molecule has 0 radical (unpaired) electrons. The van der Waals surface area contributed by atoms with Crippen LogP contribution in [-0.4, -0.2) is 17.1 Å². The third-order valence-corrected chi connectivity index (χ3v) is 2.28. The predicted molar refractivity (Wildman–Crippen MR) is 55.3 cm³/mol. The highest BCUT2D eigenvalue weighted by atomic mass is 35.5. The van der Waals surface area contributed by atoms with E-state index in [0.717, 1.165) is 0 Å². The Labute approximate surface area is 91.7 Å². The minimum atomic E-state index is -1.09. The van der Waals surface area contributed by atoms with Gasteiger partial charge < -0.3 is 10.8 Å². The number of carbonyl (C=O) groups is 1. The number of carboxylic acids is 1. The smallest absolute Gasteiger partial charge is 0.320 e. The number of nitrogens with two attached hydrogens (primary N) is 1. The van der Waals surface area contributed by atoms with Crippen molar-refractivity contribution in [1.82, 2.24) is 0 Å². The summed E-state index contributed by atoms with van der Waals surface area (Å²) in [5, 5.41) is 8.97. The fourth-order valence-corrected chi connectivity index (χ4v) is 1.36. The molecule has 0 heterocycles. The SMILES string of the molecule is N[C@H](CCc1cc(Cl)ccc1F)C(=O)O. The standard InChI is InChI=1S/C10H11ClFNO2/c11-7-2-3-8(12)6(5-7)1-4-9(13)10(14)15/h2-3,5,9H,1,4,13H2,(H,14,15)/t9-/m1/s1. The first kappa shape index (κ1) is 11.9. The molecule has 0 aliphatic carbocycles. The van der Waals surface area contributed by atoms with Crippen LogP contribution in [-0.2, 0) is 11.2 Å². The van der Waals surface area contributed by atoms with Crippen molar-refractivity contribution in [3.05, 3.63) is 34.6 Å². The lowest BCUT2D eigenvalue weighted by atomic mass is 10.1. The Morgan fingerprint density at radius 3 is 2.87 bits per heavy atom. The van der Waals surface area contributed by atoms with Crippen LogP contribution in [0.3, 0.4) is 0 Å². The van der Waals surface area contributed by atoms with Crippen molar-refractivity contribution in [1.29, 1.82) is 0 Å². The molecule has 1 rings (SSSR count). The van der Waals surface area contributed by atoms with Crippen molar-refractivity contribution in [2.24, 2.45) is 5.73 Å². The first-order valence-corrected chi connectivity index (χ1v) is 4.81. The highest BCUT2D eigenvalue weighted by molar-refractivity contribution is 6.30. The van der Waals surface area contributed by atoms with Gasteiger partial charge in [-0.2, -0.15) is 0 Å². The maximum atomic E-state index is 13.2. The highest BCUT2D eigenvalue weighted by Gasteiger charge is 2.12. The third-order valence-electron chi connectivity index (χ3n) is 2.05. The number of halogens is 2. The second-order valence-corrected chi connectivity index (χ2v) is 3.66. The largest absolute Gasteiger partial charge is 0.480 e. The molecule has 0 bridgehead atoms. The van der Waals surface area contributed by atoms with E-state index in [4.69, 9.17) is 22.4 Å². The van der Waals surface area contributed by atoms with Crippen LogP contribution < -0.4 is 5.73 Å². The summed E-state index contributed by atoms with van der Waals surface area (Å²) in [6, 6.07) is 3.20. The summed E-state index contributed by atoms with van der Waals surface area (Å²) in [4.78, 5) is 10.4. The summed E-state index contributed by atoms with van der Waals surface area (Å²) in [6.07, 6.45) is 0.451. The topological polar surface area (TPSA) is 63.3 Å². The molecule has 3 nitrogen and oxygen atoms in total. The van der Waals surface area contributed by atoms with Crippen LogP contribution in [0.5, 0.6) is 0 Å². The Balaban J connectivity index is 2.65. The molecule has 0 fully saturated rings. The summed E-state index contributed by atoms with van der Waals surface area (Å²) in [5.41, 5.74) is 5.69. The zero-order valence-electron chi connectivity index (χ0n) is 7.91. The number of carboxylic acid groups (broad SMARTS) is 1. The van der Waals surface area contributed by atoms with E-state index in [0.29, 0.717) is 10.6 Å². The summed E-state index contributed by atoms with van der Waals surface area (Å²) in [5.74, 6) is -1.48. The van der Waals surface area contributed by atoms with Crippen LogP contribution in [0.1, 0.15) is 12.0 Å². The Morgan fingerprint density at radius 2 is 2.27 bits per heavy atom. The van der Waals surface area contributed by atoms with E-state index in [2.05, 4.69) is 0 Å². The minimum Gasteiger partial charge on any atom is -0.480 e. The summed E-state index contributed by atoms with van der Waals surface area (Å²) >= 11 is 5.68. The van der Waals surface area contributed by atoms with Gasteiger partial charge in [0.15, 0.2) is 0 Å². The Morgan fingerprint density at radius 1 is 1.60 bits per heavy atom. The van der Waals surface area contributed by atoms with Gasteiger partial charge in [0, 0.05) is 5.02 Å². The van der Waals surface area contributed by atoms with Gasteiger partial charge in [-0.15, -0.1) is 0 Å². The molecular formula is C10H11ClFNO2. The predicted octanol–water partition coefficient (Wildman–Crippen LogP) is 1.82. The van der Waals surface area contributed by atoms with Crippen molar-refractivity contribution < 1.29 is 14.3 Å². The van der Waals surface area contributed by atoms with Crippen molar-refractivity contribution in [3.63, 3.8) is 0 Å². The monoisotopic (exact) mass is 231 g/mol. The number of hydrogen-bond acceptors (Lipinski definition) is 2. The van der Waals surface area contributed by atoms with Gasteiger partial charge in [0.2, 0.25) is 0 Å². The maximum Gasteiger partial charge on any atom is 0.320 e. The van der Waals surface area contributed by atoms with Crippen LogP contribution in [0.2, 0.25) is 5.02 Å². The van der Waals surface area contributed by atoms with E-state index in [9.17, 15) is 9.18 Å². The molecule has 3 N–H and O–H groups in total. The Bertz CT molecular complexity index is 370. The van der Waals surface area contributed by atoms with Crippen LogP contribution in [0.4, 0.5) is 4.39 Å². The number of rotatable bonds is 4. The van der Waals surface area contributed by atoms with Gasteiger partial charge in [-0.1, -0.05) is 11.6 Å². The summed E-state index contributed by atoms with van der Waals surface area (Å²) in [6.45, 7) is 0. The average molecular weight is 232 g/mol. The van der Waals surface area contributed by atoms with Gasteiger partial charge in [-0.3, -0.25) is 4.79 Å². The second-order valence-electron chi connectivity index (χ2n) is 3.22. The van der Waals surface area contributed by atoms with Gasteiger partial charge >= 0.3 is 5.97 Å². The zero-order valence-corrected chi connectivity index (χ0v) is 8.67. The van der Waals surface area contributed by atoms with Crippen LogP contribution in [0.15, 0.2) is 18.2 Å².